The molecule has 0 amide bonds. The zero-order valence-corrected chi connectivity index (χ0v) is 49.5. The molecule has 2 aliphatic carbocycles. The van der Waals surface area contributed by atoms with Gasteiger partial charge in [-0.05, 0) is 246 Å². The van der Waals surface area contributed by atoms with E-state index >= 15 is 0 Å². The average molecular weight is 1120 g/mol. The number of rotatable bonds is 12. The van der Waals surface area contributed by atoms with E-state index in [4.69, 9.17) is 0 Å². The fraction of sp³-hybridized carbons (Fsp3) is 0.0824. The lowest BCUT2D eigenvalue weighted by Crippen LogP contribution is -2.42. The smallest absolute Gasteiger partial charge is 0.0643 e. The molecular formula is C85H66N2. The first-order valence-electron chi connectivity index (χ1n) is 30.7. The van der Waals surface area contributed by atoms with Gasteiger partial charge in [-0.25, -0.2) is 0 Å². The third kappa shape index (κ3) is 10.0. The van der Waals surface area contributed by atoms with E-state index in [2.05, 4.69) is 340 Å². The highest BCUT2D eigenvalue weighted by Crippen LogP contribution is 2.53. The number of aryl methyl sites for hydroxylation is 3. The maximum Gasteiger partial charge on any atom is 0.0643 e. The summed E-state index contributed by atoms with van der Waals surface area (Å²) in [5, 5.41) is 7.18. The molecule has 0 N–H and O–H groups in total. The highest BCUT2D eigenvalue weighted by Gasteiger charge is 2.34. The Morgan fingerprint density at radius 3 is 1.45 bits per heavy atom. The summed E-state index contributed by atoms with van der Waals surface area (Å²) in [5.74, 6) is 0. The topological polar surface area (TPSA) is 6.48 Å². The third-order valence-electron chi connectivity index (χ3n) is 18.1. The summed E-state index contributed by atoms with van der Waals surface area (Å²) >= 11 is 0. The third-order valence-corrected chi connectivity index (χ3v) is 18.1. The summed E-state index contributed by atoms with van der Waals surface area (Å²) in [6.07, 6.45) is 14.7. The van der Waals surface area contributed by atoms with Gasteiger partial charge in [-0.2, -0.15) is 0 Å². The maximum absolute atomic E-state index is 2.60. The molecule has 0 aliphatic heterocycles. The Labute approximate surface area is 511 Å². The van der Waals surface area contributed by atoms with Crippen molar-refractivity contribution in [1.29, 1.82) is 0 Å². The molecule has 13 aromatic rings. The lowest BCUT2D eigenvalue weighted by Gasteiger charge is -2.42. The first-order valence-corrected chi connectivity index (χ1v) is 30.7. The molecule has 0 bridgehead atoms. The van der Waals surface area contributed by atoms with Crippen molar-refractivity contribution in [3.63, 3.8) is 0 Å². The summed E-state index contributed by atoms with van der Waals surface area (Å²) in [5.41, 5.74) is 24.7. The highest BCUT2D eigenvalue weighted by atomic mass is 15.2. The van der Waals surface area contributed by atoms with Crippen molar-refractivity contribution in [1.82, 2.24) is 0 Å². The van der Waals surface area contributed by atoms with Crippen molar-refractivity contribution in [2.75, 3.05) is 9.80 Å². The number of anilines is 5. The molecule has 2 nitrogen and oxygen atoms in total. The standard InChI is InChI=1S/C85H66N2/c1-58-22-20-36-71(50-58)86(70-40-38-62(39-41-70)60-24-8-4-9-25-60)72-42-44-75-81(56-72)83(79-54-68-34-18-16-32-66(68)52-77(79)64-28-12-6-13-29-64)76-45-43-74(57-82(76)84(75)80-55-69-35-19-17-33-67(69)53-78(80)65-30-14-7-15-31-65)87(73-37-21-23-59(2)51-73)85(3)48-46-63(47-49-85)61-26-10-5-11-27-61/h4-17,19-33,35-48,50-57H,18,34,49H2,1-3H3. The molecule has 0 saturated carbocycles. The molecule has 0 radical (unpaired) electrons. The first kappa shape index (κ1) is 53.2. The Morgan fingerprint density at radius 2 is 0.839 bits per heavy atom. The Hall–Kier alpha value is -10.5. The minimum absolute atomic E-state index is 0.419. The average Bonchev–Trinajstić information content (AvgIpc) is 0.826. The van der Waals surface area contributed by atoms with Crippen LogP contribution < -0.4 is 9.80 Å². The Kier molecular flexibility index (Phi) is 13.7. The van der Waals surface area contributed by atoms with Crippen LogP contribution in [0.15, 0.2) is 303 Å². The van der Waals surface area contributed by atoms with Gasteiger partial charge in [0.05, 0.1) is 5.54 Å². The summed E-state index contributed by atoms with van der Waals surface area (Å²) in [6, 6.07) is 104. The molecule has 1 unspecified atom stereocenters. The van der Waals surface area contributed by atoms with E-state index in [1.54, 1.807) is 0 Å². The van der Waals surface area contributed by atoms with E-state index < -0.39 is 5.54 Å². The lowest BCUT2D eigenvalue weighted by molar-refractivity contribution is 0.571. The van der Waals surface area contributed by atoms with Crippen LogP contribution in [-0.4, -0.2) is 5.54 Å². The summed E-state index contributed by atoms with van der Waals surface area (Å²) in [6.45, 7) is 6.81. The SMILES string of the molecule is Cc1cccc(N(c2ccc(-c3ccccc3)cc2)c2ccc3c(-c4cc5ccccc5cc4-c4ccccc4)c4cc(N(c5cccc(C)c5)C5(C)C=CC(c6ccccc6)=CC5)ccc4c(-c4cc5c(cc4-c4ccccc4)C=CCC5)c3c2)c1. The molecule has 87 heavy (non-hydrogen) atoms. The van der Waals surface area contributed by atoms with Gasteiger partial charge in [0.2, 0.25) is 0 Å². The van der Waals surface area contributed by atoms with Gasteiger partial charge in [0.15, 0.2) is 0 Å². The van der Waals surface area contributed by atoms with Crippen molar-refractivity contribution < 1.29 is 0 Å². The minimum Gasteiger partial charge on any atom is -0.332 e. The van der Waals surface area contributed by atoms with Crippen LogP contribution in [0.5, 0.6) is 0 Å². The molecule has 0 saturated heterocycles. The second kappa shape index (κ2) is 22.5. The van der Waals surface area contributed by atoms with Gasteiger partial charge in [0, 0.05) is 28.4 Å². The molecule has 15 rings (SSSR count). The van der Waals surface area contributed by atoms with Crippen LogP contribution in [0.1, 0.15) is 47.6 Å². The predicted molar refractivity (Wildman–Crippen MR) is 373 cm³/mol. The van der Waals surface area contributed by atoms with Gasteiger partial charge in [-0.1, -0.05) is 225 Å². The minimum atomic E-state index is -0.419. The van der Waals surface area contributed by atoms with Gasteiger partial charge in [0.1, 0.15) is 0 Å². The maximum atomic E-state index is 2.60. The zero-order valence-electron chi connectivity index (χ0n) is 49.5. The number of hydrogen-bond donors (Lipinski definition) is 0. The highest BCUT2D eigenvalue weighted by molar-refractivity contribution is 6.25. The normalized spacial score (nSPS) is 14.5. The van der Waals surface area contributed by atoms with Crippen molar-refractivity contribution in [2.45, 2.75) is 45.6 Å². The van der Waals surface area contributed by atoms with Gasteiger partial charge in [-0.3, -0.25) is 0 Å². The van der Waals surface area contributed by atoms with Crippen LogP contribution in [0.25, 0.3) is 99.6 Å². The van der Waals surface area contributed by atoms with E-state index in [0.29, 0.717) is 0 Å². The van der Waals surface area contributed by atoms with Gasteiger partial charge in [0.25, 0.3) is 0 Å². The van der Waals surface area contributed by atoms with Crippen LogP contribution in [0, 0.1) is 13.8 Å². The van der Waals surface area contributed by atoms with Crippen molar-refractivity contribution in [2.24, 2.45) is 0 Å². The number of benzene rings is 13. The second-order valence-electron chi connectivity index (χ2n) is 23.9. The largest absolute Gasteiger partial charge is 0.332 e. The molecule has 416 valence electrons. The molecule has 0 heterocycles. The Balaban J connectivity index is 1.07. The van der Waals surface area contributed by atoms with Gasteiger partial charge < -0.3 is 9.80 Å². The Morgan fingerprint density at radius 1 is 0.356 bits per heavy atom. The van der Waals surface area contributed by atoms with Crippen molar-refractivity contribution >= 4 is 72.4 Å². The Bertz CT molecular complexity index is 4840. The molecule has 0 spiro atoms. The van der Waals surface area contributed by atoms with Crippen LogP contribution in [0.4, 0.5) is 28.4 Å². The van der Waals surface area contributed by atoms with E-state index in [-0.39, 0.29) is 0 Å². The van der Waals surface area contributed by atoms with Crippen LogP contribution >= 0.6 is 0 Å². The molecule has 0 aromatic heterocycles. The molecule has 1 atom stereocenters. The van der Waals surface area contributed by atoms with Crippen LogP contribution in [0.3, 0.4) is 0 Å². The quantitative estimate of drug-likeness (QED) is 0.113. The molecule has 2 aliphatic rings. The fourth-order valence-corrected chi connectivity index (χ4v) is 13.8. The van der Waals surface area contributed by atoms with Crippen molar-refractivity contribution in [3.05, 3.63) is 331 Å². The molecular weight excluding hydrogens is 1050 g/mol. The monoisotopic (exact) mass is 1110 g/mol. The first-order chi connectivity index (χ1) is 42.8. The van der Waals surface area contributed by atoms with Gasteiger partial charge >= 0.3 is 0 Å². The van der Waals surface area contributed by atoms with E-state index in [1.807, 2.05) is 0 Å². The number of nitrogens with zero attached hydrogens (tertiary/aromatic N) is 2. The molecule has 2 heteroatoms. The van der Waals surface area contributed by atoms with Gasteiger partial charge in [-0.15, -0.1) is 0 Å². The summed E-state index contributed by atoms with van der Waals surface area (Å²) in [7, 11) is 0. The van der Waals surface area contributed by atoms with Crippen LogP contribution in [-0.2, 0) is 6.42 Å². The molecule has 0 fully saturated rings. The summed E-state index contributed by atoms with van der Waals surface area (Å²) < 4.78 is 0. The fourth-order valence-electron chi connectivity index (χ4n) is 13.8. The zero-order chi connectivity index (χ0) is 58.4. The molecule has 13 aromatic carbocycles. The van der Waals surface area contributed by atoms with Crippen molar-refractivity contribution in [3.8, 4) is 55.6 Å². The predicted octanol–water partition coefficient (Wildman–Crippen LogP) is 23.5. The second-order valence-corrected chi connectivity index (χ2v) is 23.9. The number of hydrogen-bond acceptors (Lipinski definition) is 2. The summed E-state index contributed by atoms with van der Waals surface area (Å²) in [4.78, 5) is 5.06. The number of allylic oxidation sites excluding steroid dienone is 3. The number of fused-ring (bicyclic) bond motifs is 4. The van der Waals surface area contributed by atoms with Crippen LogP contribution in [0.2, 0.25) is 0 Å². The van der Waals surface area contributed by atoms with E-state index in [9.17, 15) is 0 Å². The lowest BCUT2D eigenvalue weighted by atomic mass is 9.79. The van der Waals surface area contributed by atoms with E-state index in [1.165, 1.54) is 121 Å². The van der Waals surface area contributed by atoms with E-state index in [0.717, 1.165) is 47.7 Å².